The van der Waals surface area contributed by atoms with Crippen molar-refractivity contribution in [3.05, 3.63) is 12.3 Å². The fraction of sp³-hybridized carbons (Fsp3) is 0.700. The van der Waals surface area contributed by atoms with E-state index in [1.165, 1.54) is 0 Å². The fourth-order valence-electron chi connectivity index (χ4n) is 1.20. The summed E-state index contributed by atoms with van der Waals surface area (Å²) in [6, 6.07) is -0.0780. The van der Waals surface area contributed by atoms with E-state index in [9.17, 15) is 5.11 Å². The topological polar surface area (TPSA) is 68.1 Å². The molecule has 15 heavy (non-hydrogen) atoms. The number of hydrogen-bond donors (Lipinski definition) is 3. The van der Waals surface area contributed by atoms with E-state index in [2.05, 4.69) is 10.3 Å². The van der Waals surface area contributed by atoms with Crippen LogP contribution in [0.5, 0.6) is 0 Å². The van der Waals surface area contributed by atoms with Gasteiger partial charge in [-0.3, -0.25) is 9.89 Å². The van der Waals surface area contributed by atoms with Gasteiger partial charge in [0.1, 0.15) is 0 Å². The molecule has 0 bridgehead atoms. The first-order chi connectivity index (χ1) is 7.17. The van der Waals surface area contributed by atoms with Crippen molar-refractivity contribution in [2.45, 2.75) is 26.2 Å². The highest BCUT2D eigenvalue weighted by Crippen LogP contribution is 2.00. The zero-order valence-corrected chi connectivity index (χ0v) is 9.59. The zero-order valence-electron chi connectivity index (χ0n) is 9.59. The summed E-state index contributed by atoms with van der Waals surface area (Å²) < 4.78 is 0. The number of aliphatic imine (C=N–C) groups is 1. The highest BCUT2D eigenvalue weighted by atomic mass is 16.3. The molecule has 0 aliphatic carbocycles. The smallest absolute Gasteiger partial charge is 0.183 e. The third-order valence-corrected chi connectivity index (χ3v) is 2.09. The van der Waals surface area contributed by atoms with Gasteiger partial charge in [0, 0.05) is 25.5 Å². The monoisotopic (exact) mass is 215 g/mol. The molecule has 0 aliphatic rings. The lowest BCUT2D eigenvalue weighted by atomic mass is 10.3. The molecule has 0 amide bonds. The summed E-state index contributed by atoms with van der Waals surface area (Å²) in [5.74, 6) is 0. The van der Waals surface area contributed by atoms with Gasteiger partial charge < -0.3 is 15.5 Å². The van der Waals surface area contributed by atoms with Crippen molar-refractivity contribution in [1.29, 1.82) is 0 Å². The minimum Gasteiger partial charge on any atom is -0.395 e. The number of nitrogens with one attached hydrogen (secondary N) is 1. The molecule has 5 nitrogen and oxygen atoms in total. The van der Waals surface area contributed by atoms with Gasteiger partial charge >= 0.3 is 0 Å². The molecular weight excluding hydrogens is 194 g/mol. The Morgan fingerprint density at radius 3 is 2.67 bits per heavy atom. The van der Waals surface area contributed by atoms with Crippen LogP contribution in [0.4, 0.5) is 0 Å². The molecule has 3 N–H and O–H groups in total. The molecule has 0 radical (unpaired) electrons. The maximum atomic E-state index is 9.72. The van der Waals surface area contributed by atoms with Crippen LogP contribution in [-0.2, 0) is 0 Å². The average Bonchev–Trinajstić information content (AvgIpc) is 2.25. The third-order valence-electron chi connectivity index (χ3n) is 2.09. The van der Waals surface area contributed by atoms with Crippen LogP contribution in [0.25, 0.3) is 0 Å². The molecule has 0 aromatic rings. The summed E-state index contributed by atoms with van der Waals surface area (Å²) in [6.07, 6.45) is 4.13. The number of hydrogen-bond acceptors (Lipinski definition) is 5. The number of rotatable bonds is 7. The minimum atomic E-state index is -0.793. The van der Waals surface area contributed by atoms with Crippen molar-refractivity contribution in [3.8, 4) is 0 Å². The SMILES string of the molecule is CCN(C(O)NC=CC=NC)[C@@H](C)CO. The Hall–Kier alpha value is -0.910. The Labute approximate surface area is 91.1 Å². The normalized spacial score (nSPS) is 16.4. The molecule has 5 heteroatoms. The van der Waals surface area contributed by atoms with Gasteiger partial charge in [-0.05, 0) is 19.5 Å². The van der Waals surface area contributed by atoms with Gasteiger partial charge in [-0.1, -0.05) is 6.92 Å². The van der Waals surface area contributed by atoms with Gasteiger partial charge in [-0.25, -0.2) is 0 Å². The molecule has 0 aliphatic heterocycles. The second-order valence-corrected chi connectivity index (χ2v) is 3.17. The molecule has 0 spiro atoms. The Kier molecular flexibility index (Phi) is 7.89. The molecule has 2 atom stereocenters. The van der Waals surface area contributed by atoms with Gasteiger partial charge in [0.2, 0.25) is 0 Å². The van der Waals surface area contributed by atoms with Crippen LogP contribution in [0.3, 0.4) is 0 Å². The van der Waals surface area contributed by atoms with Gasteiger partial charge in [0.05, 0.1) is 6.61 Å². The first-order valence-electron chi connectivity index (χ1n) is 5.05. The Balaban J connectivity index is 4.09. The number of aliphatic hydroxyl groups excluding tert-OH is 2. The second kappa shape index (κ2) is 8.40. The summed E-state index contributed by atoms with van der Waals surface area (Å²) in [4.78, 5) is 5.51. The molecule has 0 aromatic carbocycles. The molecule has 0 saturated carbocycles. The molecule has 88 valence electrons. The van der Waals surface area contributed by atoms with Gasteiger partial charge in [-0.15, -0.1) is 0 Å². The van der Waals surface area contributed by atoms with Gasteiger partial charge in [-0.2, -0.15) is 0 Å². The van der Waals surface area contributed by atoms with Crippen molar-refractivity contribution < 1.29 is 10.2 Å². The van der Waals surface area contributed by atoms with E-state index in [1.807, 2.05) is 13.8 Å². The molecule has 1 unspecified atom stereocenters. The van der Waals surface area contributed by atoms with E-state index in [0.717, 1.165) is 0 Å². The number of aliphatic hydroxyl groups is 2. The Morgan fingerprint density at radius 2 is 2.20 bits per heavy atom. The van der Waals surface area contributed by atoms with Crippen molar-refractivity contribution in [2.24, 2.45) is 4.99 Å². The van der Waals surface area contributed by atoms with E-state index in [4.69, 9.17) is 5.11 Å². The Morgan fingerprint density at radius 1 is 1.53 bits per heavy atom. The largest absolute Gasteiger partial charge is 0.395 e. The van der Waals surface area contributed by atoms with E-state index >= 15 is 0 Å². The highest BCUT2D eigenvalue weighted by Gasteiger charge is 2.17. The van der Waals surface area contributed by atoms with E-state index in [0.29, 0.717) is 6.54 Å². The lowest BCUT2D eigenvalue weighted by molar-refractivity contribution is -0.0437. The molecule has 0 aromatic heterocycles. The predicted molar refractivity (Wildman–Crippen MR) is 61.6 cm³/mol. The molecule has 0 saturated heterocycles. The van der Waals surface area contributed by atoms with Crippen molar-refractivity contribution in [1.82, 2.24) is 10.2 Å². The number of nitrogens with zero attached hydrogens (tertiary/aromatic N) is 2. The lowest BCUT2D eigenvalue weighted by Crippen LogP contribution is -2.49. The van der Waals surface area contributed by atoms with E-state index < -0.39 is 6.35 Å². The summed E-state index contributed by atoms with van der Waals surface area (Å²) in [7, 11) is 1.67. The quantitative estimate of drug-likeness (QED) is 0.405. The van der Waals surface area contributed by atoms with E-state index in [-0.39, 0.29) is 12.6 Å². The zero-order chi connectivity index (χ0) is 11.7. The van der Waals surface area contributed by atoms with Crippen LogP contribution in [-0.4, -0.2) is 53.9 Å². The van der Waals surface area contributed by atoms with Gasteiger partial charge in [0.25, 0.3) is 0 Å². The molecule has 0 fully saturated rings. The maximum Gasteiger partial charge on any atom is 0.183 e. The minimum absolute atomic E-state index is 0.0205. The van der Waals surface area contributed by atoms with Crippen LogP contribution < -0.4 is 5.32 Å². The summed E-state index contributed by atoms with van der Waals surface area (Å²) >= 11 is 0. The summed E-state index contributed by atoms with van der Waals surface area (Å²) in [6.45, 7) is 4.46. The second-order valence-electron chi connectivity index (χ2n) is 3.17. The first kappa shape index (κ1) is 14.1. The van der Waals surface area contributed by atoms with Crippen molar-refractivity contribution in [2.75, 3.05) is 20.2 Å². The Bertz CT molecular complexity index is 207. The maximum absolute atomic E-state index is 9.72. The lowest BCUT2D eigenvalue weighted by Gasteiger charge is -2.31. The summed E-state index contributed by atoms with van der Waals surface area (Å²) in [5.41, 5.74) is 0. The van der Waals surface area contributed by atoms with Crippen LogP contribution in [0.2, 0.25) is 0 Å². The predicted octanol–water partition coefficient (Wildman–Crippen LogP) is -0.231. The van der Waals surface area contributed by atoms with E-state index in [1.54, 1.807) is 30.4 Å². The van der Waals surface area contributed by atoms with Crippen LogP contribution in [0.15, 0.2) is 17.3 Å². The van der Waals surface area contributed by atoms with Crippen molar-refractivity contribution in [3.63, 3.8) is 0 Å². The summed E-state index contributed by atoms with van der Waals surface area (Å²) in [5, 5.41) is 21.5. The average molecular weight is 215 g/mol. The standard InChI is InChI=1S/C10H21N3O2/c1-4-13(9(2)8-14)10(15)12-7-5-6-11-3/h5-7,9-10,12,14-15H,4,8H2,1-3H3/t9-,10?/m0/s1. The van der Waals surface area contributed by atoms with Crippen molar-refractivity contribution >= 4 is 6.21 Å². The fourth-order valence-corrected chi connectivity index (χ4v) is 1.20. The van der Waals surface area contributed by atoms with Crippen LogP contribution in [0.1, 0.15) is 13.8 Å². The molecule has 0 heterocycles. The van der Waals surface area contributed by atoms with Crippen LogP contribution >= 0.6 is 0 Å². The number of allylic oxidation sites excluding steroid dienone is 1. The van der Waals surface area contributed by atoms with Gasteiger partial charge in [0.15, 0.2) is 6.35 Å². The third kappa shape index (κ3) is 5.51. The number of likely N-dealkylation sites (N-methyl/N-ethyl adjacent to an activating group) is 1. The molecular formula is C10H21N3O2. The molecule has 0 rings (SSSR count). The van der Waals surface area contributed by atoms with Crippen LogP contribution in [0, 0.1) is 0 Å². The first-order valence-corrected chi connectivity index (χ1v) is 5.05. The highest BCUT2D eigenvalue weighted by molar-refractivity contribution is 5.70.